The molecular formula is C28H29NO5S. The van der Waals surface area contributed by atoms with Crippen molar-refractivity contribution >= 4 is 34.5 Å². The number of ether oxygens (including phenoxy) is 2. The minimum absolute atomic E-state index is 0.0595. The van der Waals surface area contributed by atoms with Crippen molar-refractivity contribution in [2.24, 2.45) is 0 Å². The lowest BCUT2D eigenvalue weighted by Gasteiger charge is -2.25. The van der Waals surface area contributed by atoms with Gasteiger partial charge in [-0.15, -0.1) is 11.3 Å². The van der Waals surface area contributed by atoms with E-state index in [-0.39, 0.29) is 16.7 Å². The molecule has 0 saturated carbocycles. The van der Waals surface area contributed by atoms with E-state index in [1.165, 1.54) is 16.2 Å². The zero-order chi connectivity index (χ0) is 25.3. The molecule has 1 aliphatic heterocycles. The van der Waals surface area contributed by atoms with Crippen LogP contribution in [0.15, 0.2) is 65.6 Å². The van der Waals surface area contributed by atoms with E-state index in [1.807, 2.05) is 51.3 Å². The normalized spacial score (nSPS) is 17.6. The lowest BCUT2D eigenvalue weighted by atomic mass is 9.84. The highest BCUT2D eigenvalue weighted by Gasteiger charge is 2.47. The van der Waals surface area contributed by atoms with Gasteiger partial charge in [0.1, 0.15) is 23.3 Å². The standard InChI is InChI=1S/C28H29NO5S/c1-6-34-19-10-7-9-18(16-19)29-24(22-11-8-14-35-22)23(26(31)27(29)32)25(30)17-12-13-21(33-5)20(15-17)28(2,3)4/h7-16,24,30H,6H2,1-5H3/b25-23-. The molecule has 1 aromatic heterocycles. The van der Waals surface area contributed by atoms with Gasteiger partial charge >= 0.3 is 0 Å². The molecule has 7 heteroatoms. The molecule has 0 radical (unpaired) electrons. The molecule has 0 spiro atoms. The van der Waals surface area contributed by atoms with Crippen molar-refractivity contribution < 1.29 is 24.2 Å². The fourth-order valence-electron chi connectivity index (χ4n) is 4.30. The first-order valence-electron chi connectivity index (χ1n) is 11.4. The summed E-state index contributed by atoms with van der Waals surface area (Å²) in [7, 11) is 1.60. The minimum atomic E-state index is -0.757. The van der Waals surface area contributed by atoms with Crippen LogP contribution in [0, 0.1) is 0 Å². The largest absolute Gasteiger partial charge is 0.507 e. The van der Waals surface area contributed by atoms with Crippen LogP contribution in [0.2, 0.25) is 0 Å². The van der Waals surface area contributed by atoms with Gasteiger partial charge in [0.25, 0.3) is 11.7 Å². The Balaban J connectivity index is 1.91. The van der Waals surface area contributed by atoms with Crippen LogP contribution in [-0.2, 0) is 15.0 Å². The van der Waals surface area contributed by atoms with E-state index in [9.17, 15) is 14.7 Å². The summed E-state index contributed by atoms with van der Waals surface area (Å²) in [6, 6.07) is 15.4. The van der Waals surface area contributed by atoms with Crippen LogP contribution in [0.1, 0.15) is 49.7 Å². The molecule has 4 rings (SSSR count). The lowest BCUT2D eigenvalue weighted by molar-refractivity contribution is -0.132. The van der Waals surface area contributed by atoms with Crippen molar-refractivity contribution in [1.82, 2.24) is 0 Å². The van der Waals surface area contributed by atoms with Crippen LogP contribution < -0.4 is 14.4 Å². The SMILES string of the molecule is CCOc1cccc(N2C(=O)C(=O)/C(=C(\O)c3ccc(OC)c(C(C)(C)C)c3)C2c2cccs2)c1. The van der Waals surface area contributed by atoms with Gasteiger partial charge in [-0.05, 0) is 54.1 Å². The first-order chi connectivity index (χ1) is 16.7. The molecule has 6 nitrogen and oxygen atoms in total. The summed E-state index contributed by atoms with van der Waals surface area (Å²) >= 11 is 1.42. The highest BCUT2D eigenvalue weighted by atomic mass is 32.1. The third-order valence-corrected chi connectivity index (χ3v) is 6.87. The van der Waals surface area contributed by atoms with Crippen LogP contribution in [0.4, 0.5) is 5.69 Å². The number of rotatable bonds is 6. The molecule has 1 aliphatic rings. The van der Waals surface area contributed by atoms with Gasteiger partial charge in [0.15, 0.2) is 0 Å². The van der Waals surface area contributed by atoms with E-state index in [2.05, 4.69) is 0 Å². The number of amides is 1. The lowest BCUT2D eigenvalue weighted by Crippen LogP contribution is -2.29. The molecule has 0 bridgehead atoms. The smallest absolute Gasteiger partial charge is 0.300 e. The Labute approximate surface area is 209 Å². The third kappa shape index (κ3) is 4.56. The second kappa shape index (κ2) is 9.58. The molecule has 1 amide bonds. The van der Waals surface area contributed by atoms with Gasteiger partial charge in [-0.25, -0.2) is 0 Å². The van der Waals surface area contributed by atoms with Crippen LogP contribution >= 0.6 is 11.3 Å². The molecule has 0 aliphatic carbocycles. The molecule has 1 unspecified atom stereocenters. The van der Waals surface area contributed by atoms with Crippen LogP contribution in [0.5, 0.6) is 11.5 Å². The van der Waals surface area contributed by atoms with E-state index < -0.39 is 17.7 Å². The predicted octanol–water partition coefficient (Wildman–Crippen LogP) is 6.08. The van der Waals surface area contributed by atoms with E-state index in [0.29, 0.717) is 29.4 Å². The number of thiophene rings is 1. The number of aliphatic hydroxyl groups excluding tert-OH is 1. The summed E-state index contributed by atoms with van der Waals surface area (Å²) in [5, 5.41) is 13.3. The Kier molecular flexibility index (Phi) is 6.72. The fraction of sp³-hybridized carbons (Fsp3) is 0.286. The fourth-order valence-corrected chi connectivity index (χ4v) is 5.13. The predicted molar refractivity (Wildman–Crippen MR) is 138 cm³/mol. The average molecular weight is 492 g/mol. The van der Waals surface area contributed by atoms with Gasteiger partial charge in [-0.3, -0.25) is 14.5 Å². The molecule has 182 valence electrons. The number of anilines is 1. The molecule has 1 fully saturated rings. The Morgan fingerprint density at radius 3 is 2.49 bits per heavy atom. The number of hydrogen-bond donors (Lipinski definition) is 1. The molecule has 35 heavy (non-hydrogen) atoms. The summed E-state index contributed by atoms with van der Waals surface area (Å²) in [6.45, 7) is 8.50. The number of aliphatic hydroxyl groups is 1. The Bertz CT molecular complexity index is 1290. The van der Waals surface area contributed by atoms with Crippen LogP contribution in [-0.4, -0.2) is 30.5 Å². The van der Waals surface area contributed by atoms with Gasteiger partial charge in [0.05, 0.1) is 19.3 Å². The van der Waals surface area contributed by atoms with Crippen LogP contribution in [0.3, 0.4) is 0 Å². The van der Waals surface area contributed by atoms with Crippen molar-refractivity contribution in [1.29, 1.82) is 0 Å². The average Bonchev–Trinajstić information content (AvgIpc) is 3.45. The van der Waals surface area contributed by atoms with Crippen LogP contribution in [0.25, 0.3) is 5.76 Å². The minimum Gasteiger partial charge on any atom is -0.507 e. The van der Waals surface area contributed by atoms with E-state index in [1.54, 1.807) is 43.5 Å². The van der Waals surface area contributed by atoms with Gasteiger partial charge < -0.3 is 14.6 Å². The topological polar surface area (TPSA) is 76.1 Å². The molecule has 2 aromatic carbocycles. The highest BCUT2D eigenvalue weighted by molar-refractivity contribution is 7.10. The molecular weight excluding hydrogens is 462 g/mol. The monoisotopic (exact) mass is 491 g/mol. The van der Waals surface area contributed by atoms with E-state index in [4.69, 9.17) is 9.47 Å². The zero-order valence-electron chi connectivity index (χ0n) is 20.5. The van der Waals surface area contributed by atoms with Gasteiger partial charge in [-0.1, -0.05) is 32.9 Å². The first-order valence-corrected chi connectivity index (χ1v) is 12.3. The van der Waals surface area contributed by atoms with Gasteiger partial charge in [0, 0.05) is 27.8 Å². The molecule has 3 aromatic rings. The third-order valence-electron chi connectivity index (χ3n) is 5.94. The van der Waals surface area contributed by atoms with Gasteiger partial charge in [0.2, 0.25) is 0 Å². The molecule has 2 heterocycles. The summed E-state index contributed by atoms with van der Waals surface area (Å²) in [5.41, 5.74) is 1.67. The number of hydrogen-bond acceptors (Lipinski definition) is 6. The summed E-state index contributed by atoms with van der Waals surface area (Å²) in [5.74, 6) is -0.337. The molecule has 1 saturated heterocycles. The number of methoxy groups -OCH3 is 1. The number of carbonyl (C=O) groups is 2. The zero-order valence-corrected chi connectivity index (χ0v) is 21.3. The maximum Gasteiger partial charge on any atom is 0.300 e. The maximum absolute atomic E-state index is 13.4. The molecule has 1 atom stereocenters. The summed E-state index contributed by atoms with van der Waals surface area (Å²) in [4.78, 5) is 28.9. The quantitative estimate of drug-likeness (QED) is 0.257. The highest BCUT2D eigenvalue weighted by Crippen LogP contribution is 2.44. The van der Waals surface area contributed by atoms with Crippen molar-refractivity contribution in [3.05, 3.63) is 81.6 Å². The summed E-state index contributed by atoms with van der Waals surface area (Å²) in [6.07, 6.45) is 0. The number of Topliss-reactive ketones (excluding diaryl/α,β-unsaturated/α-hetero) is 1. The number of benzene rings is 2. The maximum atomic E-state index is 13.4. The number of ketones is 1. The first kappa shape index (κ1) is 24.5. The van der Waals surface area contributed by atoms with Gasteiger partial charge in [-0.2, -0.15) is 0 Å². The Morgan fingerprint density at radius 2 is 1.86 bits per heavy atom. The second-order valence-corrected chi connectivity index (χ2v) is 10.3. The second-order valence-electron chi connectivity index (χ2n) is 9.28. The van der Waals surface area contributed by atoms with Crippen molar-refractivity contribution in [2.45, 2.75) is 39.2 Å². The van der Waals surface area contributed by atoms with E-state index >= 15 is 0 Å². The van der Waals surface area contributed by atoms with Crippen molar-refractivity contribution in [3.63, 3.8) is 0 Å². The Morgan fingerprint density at radius 1 is 1.09 bits per heavy atom. The number of carbonyl (C=O) groups excluding carboxylic acids is 2. The summed E-state index contributed by atoms with van der Waals surface area (Å²) < 4.78 is 11.1. The number of nitrogens with zero attached hydrogens (tertiary/aromatic N) is 1. The van der Waals surface area contributed by atoms with E-state index in [0.717, 1.165) is 10.4 Å². The Hall–Kier alpha value is -3.58. The molecule has 1 N–H and O–H groups in total. The van der Waals surface area contributed by atoms with Crippen molar-refractivity contribution in [3.8, 4) is 11.5 Å². The van der Waals surface area contributed by atoms with Crippen molar-refractivity contribution in [2.75, 3.05) is 18.6 Å².